The minimum Gasteiger partial charge on any atom is -0.370 e. The third kappa shape index (κ3) is 6.43. The van der Waals surface area contributed by atoms with Gasteiger partial charge in [0.2, 0.25) is 15.9 Å². The molecule has 1 atom stereocenters. The van der Waals surface area contributed by atoms with E-state index in [0.29, 0.717) is 19.4 Å². The fourth-order valence-electron chi connectivity index (χ4n) is 0.908. The van der Waals surface area contributed by atoms with Gasteiger partial charge in [0.15, 0.2) is 0 Å². The third-order valence-electron chi connectivity index (χ3n) is 2.01. The zero-order chi connectivity index (χ0) is 11.9. The van der Waals surface area contributed by atoms with Gasteiger partial charge in [0.1, 0.15) is 0 Å². The molecule has 0 aromatic carbocycles. The van der Waals surface area contributed by atoms with Gasteiger partial charge in [0, 0.05) is 19.5 Å². The molecule has 6 nitrogen and oxygen atoms in total. The smallest absolute Gasteiger partial charge is 0.217 e. The molecular weight excluding hydrogens is 218 g/mol. The summed E-state index contributed by atoms with van der Waals surface area (Å²) >= 11 is 0. The molecule has 0 radical (unpaired) electrons. The van der Waals surface area contributed by atoms with Crippen LogP contribution >= 0.6 is 0 Å². The van der Waals surface area contributed by atoms with E-state index in [-0.39, 0.29) is 18.9 Å². The second-order valence-corrected chi connectivity index (χ2v) is 5.59. The number of amides is 1. The lowest BCUT2D eigenvalue weighted by Crippen LogP contribution is -2.37. The Kier molecular flexibility index (Phi) is 6.46. The van der Waals surface area contributed by atoms with Crippen molar-refractivity contribution in [2.75, 3.05) is 13.1 Å². The first-order valence-electron chi connectivity index (χ1n) is 4.87. The Bertz CT molecular complexity index is 290. The van der Waals surface area contributed by atoms with E-state index >= 15 is 0 Å². The Morgan fingerprint density at radius 1 is 1.40 bits per heavy atom. The number of primary amides is 1. The molecule has 0 aliphatic rings. The molecule has 15 heavy (non-hydrogen) atoms. The summed E-state index contributed by atoms with van der Waals surface area (Å²) in [6, 6.07) is 0. The van der Waals surface area contributed by atoms with Crippen molar-refractivity contribution < 1.29 is 13.2 Å². The van der Waals surface area contributed by atoms with Gasteiger partial charge in [-0.3, -0.25) is 4.79 Å². The van der Waals surface area contributed by atoms with Crippen LogP contribution in [-0.4, -0.2) is 32.7 Å². The number of hydrogen-bond acceptors (Lipinski definition) is 4. The van der Waals surface area contributed by atoms with Gasteiger partial charge in [-0.15, -0.1) is 0 Å². The van der Waals surface area contributed by atoms with Crippen LogP contribution < -0.4 is 16.2 Å². The fraction of sp³-hybridized carbons (Fsp3) is 0.875. The molecule has 0 saturated carbocycles. The molecule has 5 N–H and O–H groups in total. The lowest BCUT2D eigenvalue weighted by atomic mass is 10.2. The molecule has 0 fully saturated rings. The Morgan fingerprint density at radius 2 is 2.00 bits per heavy atom. The Morgan fingerprint density at radius 3 is 2.47 bits per heavy atom. The summed E-state index contributed by atoms with van der Waals surface area (Å²) < 4.78 is 25.2. The van der Waals surface area contributed by atoms with Gasteiger partial charge in [0.05, 0.1) is 5.25 Å². The SMILES string of the molecule is CC(CN)S(=O)(=O)NCCCCC(N)=O. The monoisotopic (exact) mass is 237 g/mol. The number of rotatable bonds is 8. The summed E-state index contributed by atoms with van der Waals surface area (Å²) in [5.74, 6) is -0.367. The molecular formula is C8H19N3O3S. The molecule has 0 bridgehead atoms. The molecule has 0 heterocycles. The van der Waals surface area contributed by atoms with Crippen LogP contribution in [0.5, 0.6) is 0 Å². The highest BCUT2D eigenvalue weighted by Crippen LogP contribution is 1.98. The van der Waals surface area contributed by atoms with Gasteiger partial charge < -0.3 is 11.5 Å². The quantitative estimate of drug-likeness (QED) is 0.465. The highest BCUT2D eigenvalue weighted by molar-refractivity contribution is 7.90. The average Bonchev–Trinajstić information content (AvgIpc) is 2.15. The van der Waals surface area contributed by atoms with Gasteiger partial charge in [-0.25, -0.2) is 13.1 Å². The summed E-state index contributed by atoms with van der Waals surface area (Å²) in [7, 11) is -3.30. The molecule has 0 aliphatic carbocycles. The molecule has 0 saturated heterocycles. The summed E-state index contributed by atoms with van der Waals surface area (Å²) in [5, 5.41) is -0.589. The zero-order valence-corrected chi connectivity index (χ0v) is 9.72. The van der Waals surface area contributed by atoms with E-state index in [1.54, 1.807) is 6.92 Å². The van der Waals surface area contributed by atoms with E-state index in [4.69, 9.17) is 11.5 Å². The third-order valence-corrected chi connectivity index (χ3v) is 3.87. The van der Waals surface area contributed by atoms with Crippen molar-refractivity contribution in [3.05, 3.63) is 0 Å². The first-order chi connectivity index (χ1) is 6.90. The second-order valence-electron chi connectivity index (χ2n) is 3.41. The summed E-state index contributed by atoms with van der Waals surface area (Å²) in [4.78, 5) is 10.4. The van der Waals surface area contributed by atoms with Crippen molar-refractivity contribution in [2.45, 2.75) is 31.4 Å². The summed E-state index contributed by atoms with van der Waals surface area (Å²) in [6.45, 7) is 1.96. The number of nitrogens with two attached hydrogens (primary N) is 2. The fourth-order valence-corrected chi connectivity index (χ4v) is 1.87. The summed E-state index contributed by atoms with van der Waals surface area (Å²) in [6.07, 6.45) is 1.47. The lowest BCUT2D eigenvalue weighted by Gasteiger charge is -2.11. The molecule has 90 valence electrons. The predicted octanol–water partition coefficient (Wildman–Crippen LogP) is -1.09. The molecule has 0 aromatic heterocycles. The van der Waals surface area contributed by atoms with E-state index in [0.717, 1.165) is 0 Å². The van der Waals surface area contributed by atoms with Crippen LogP contribution in [0.2, 0.25) is 0 Å². The van der Waals surface area contributed by atoms with Crippen LogP contribution in [0, 0.1) is 0 Å². The van der Waals surface area contributed by atoms with Gasteiger partial charge in [-0.05, 0) is 19.8 Å². The minimum absolute atomic E-state index is 0.0939. The largest absolute Gasteiger partial charge is 0.370 e. The maximum Gasteiger partial charge on any atom is 0.217 e. The van der Waals surface area contributed by atoms with Crippen LogP contribution in [0.4, 0.5) is 0 Å². The van der Waals surface area contributed by atoms with Crippen LogP contribution in [-0.2, 0) is 14.8 Å². The molecule has 0 rings (SSSR count). The highest BCUT2D eigenvalue weighted by Gasteiger charge is 2.17. The van der Waals surface area contributed by atoms with Gasteiger partial charge in [-0.1, -0.05) is 0 Å². The van der Waals surface area contributed by atoms with Crippen molar-refractivity contribution in [3.8, 4) is 0 Å². The number of sulfonamides is 1. The van der Waals surface area contributed by atoms with Gasteiger partial charge in [0.25, 0.3) is 0 Å². The Labute approximate surface area is 90.4 Å². The molecule has 1 amide bonds. The highest BCUT2D eigenvalue weighted by atomic mass is 32.2. The zero-order valence-electron chi connectivity index (χ0n) is 8.90. The van der Waals surface area contributed by atoms with E-state index < -0.39 is 15.3 Å². The molecule has 1 unspecified atom stereocenters. The molecule has 0 aliphatic heterocycles. The normalized spacial score (nSPS) is 13.7. The number of nitrogens with one attached hydrogen (secondary N) is 1. The molecule has 0 spiro atoms. The van der Waals surface area contributed by atoms with Crippen molar-refractivity contribution in [1.29, 1.82) is 0 Å². The minimum atomic E-state index is -3.30. The number of carbonyl (C=O) groups excluding carboxylic acids is 1. The molecule has 0 aromatic rings. The number of hydrogen-bond donors (Lipinski definition) is 3. The second kappa shape index (κ2) is 6.76. The lowest BCUT2D eigenvalue weighted by molar-refractivity contribution is -0.118. The van der Waals surface area contributed by atoms with Crippen molar-refractivity contribution in [1.82, 2.24) is 4.72 Å². The van der Waals surface area contributed by atoms with Gasteiger partial charge in [-0.2, -0.15) is 0 Å². The number of unbranched alkanes of at least 4 members (excludes halogenated alkanes) is 1. The molecule has 7 heteroatoms. The Balaban J connectivity index is 3.72. The van der Waals surface area contributed by atoms with Crippen LogP contribution in [0.15, 0.2) is 0 Å². The maximum absolute atomic E-state index is 11.4. The maximum atomic E-state index is 11.4. The van der Waals surface area contributed by atoms with Crippen LogP contribution in [0.3, 0.4) is 0 Å². The van der Waals surface area contributed by atoms with Crippen molar-refractivity contribution >= 4 is 15.9 Å². The number of carbonyl (C=O) groups is 1. The Hall–Kier alpha value is -0.660. The van der Waals surface area contributed by atoms with Crippen LogP contribution in [0.25, 0.3) is 0 Å². The van der Waals surface area contributed by atoms with E-state index in [1.807, 2.05) is 0 Å². The standard InChI is InChI=1S/C8H19N3O3S/c1-7(6-9)15(13,14)11-5-3-2-4-8(10)12/h7,11H,2-6,9H2,1H3,(H2,10,12). The van der Waals surface area contributed by atoms with E-state index in [2.05, 4.69) is 4.72 Å². The van der Waals surface area contributed by atoms with Gasteiger partial charge >= 0.3 is 0 Å². The first-order valence-corrected chi connectivity index (χ1v) is 6.41. The summed E-state index contributed by atoms with van der Waals surface area (Å²) in [5.41, 5.74) is 10.2. The first kappa shape index (κ1) is 14.3. The average molecular weight is 237 g/mol. The predicted molar refractivity (Wildman–Crippen MR) is 58.5 cm³/mol. The van der Waals surface area contributed by atoms with Crippen LogP contribution in [0.1, 0.15) is 26.2 Å². The van der Waals surface area contributed by atoms with E-state index in [1.165, 1.54) is 0 Å². The topological polar surface area (TPSA) is 115 Å². The van der Waals surface area contributed by atoms with Crippen molar-refractivity contribution in [3.63, 3.8) is 0 Å². The van der Waals surface area contributed by atoms with E-state index in [9.17, 15) is 13.2 Å². The van der Waals surface area contributed by atoms with Crippen molar-refractivity contribution in [2.24, 2.45) is 11.5 Å².